The molecule has 5 heteroatoms. The molecule has 0 saturated heterocycles. The van der Waals surface area contributed by atoms with Crippen molar-refractivity contribution >= 4 is 22.9 Å². The second-order valence-electron chi connectivity index (χ2n) is 5.34. The average molecular weight is 299 g/mol. The zero-order valence-corrected chi connectivity index (χ0v) is 12.7. The second kappa shape index (κ2) is 5.19. The Labute approximate surface area is 121 Å². The molecule has 19 heavy (non-hydrogen) atoms. The van der Waals surface area contributed by atoms with Crippen molar-refractivity contribution in [1.29, 1.82) is 0 Å². The molecule has 102 valence electrons. The van der Waals surface area contributed by atoms with Gasteiger partial charge >= 0.3 is 0 Å². The van der Waals surface area contributed by atoms with Gasteiger partial charge in [-0.05, 0) is 12.1 Å². The van der Waals surface area contributed by atoms with Crippen LogP contribution in [0.15, 0.2) is 18.2 Å². The van der Waals surface area contributed by atoms with E-state index in [9.17, 15) is 4.39 Å². The average Bonchev–Trinajstić information content (AvgIpc) is 2.72. The summed E-state index contributed by atoms with van der Waals surface area (Å²) in [6.45, 7) is 6.59. The maximum atomic E-state index is 13.9. The molecule has 0 bridgehead atoms. The molecule has 2 N–H and O–H groups in total. The van der Waals surface area contributed by atoms with Gasteiger partial charge in [-0.2, -0.15) is 0 Å². The summed E-state index contributed by atoms with van der Waals surface area (Å²) >= 11 is 7.49. The van der Waals surface area contributed by atoms with Gasteiger partial charge in [0, 0.05) is 16.8 Å². The van der Waals surface area contributed by atoms with Crippen LogP contribution in [-0.4, -0.2) is 4.98 Å². The highest BCUT2D eigenvalue weighted by Gasteiger charge is 2.24. The van der Waals surface area contributed by atoms with Crippen molar-refractivity contribution < 1.29 is 4.39 Å². The van der Waals surface area contributed by atoms with Gasteiger partial charge in [0.25, 0.3) is 0 Å². The van der Waals surface area contributed by atoms with Crippen LogP contribution in [0.25, 0.3) is 10.6 Å². The molecule has 0 aliphatic carbocycles. The molecule has 2 rings (SSSR count). The normalized spacial score (nSPS) is 11.9. The van der Waals surface area contributed by atoms with Gasteiger partial charge in [0.1, 0.15) is 10.8 Å². The predicted octanol–water partition coefficient (Wildman–Crippen LogP) is 4.36. The summed E-state index contributed by atoms with van der Waals surface area (Å²) in [5.41, 5.74) is 6.91. The summed E-state index contributed by atoms with van der Waals surface area (Å²) in [4.78, 5) is 5.53. The van der Waals surface area contributed by atoms with Crippen molar-refractivity contribution in [3.8, 4) is 10.6 Å². The van der Waals surface area contributed by atoms with E-state index in [4.69, 9.17) is 17.3 Å². The first-order valence-electron chi connectivity index (χ1n) is 5.99. The van der Waals surface area contributed by atoms with Crippen LogP contribution in [0.5, 0.6) is 0 Å². The Morgan fingerprint density at radius 3 is 2.53 bits per heavy atom. The van der Waals surface area contributed by atoms with Gasteiger partial charge in [0.05, 0.1) is 16.3 Å². The lowest BCUT2D eigenvalue weighted by Crippen LogP contribution is -2.15. The van der Waals surface area contributed by atoms with E-state index in [1.165, 1.54) is 17.4 Å². The Morgan fingerprint density at radius 2 is 2.05 bits per heavy atom. The van der Waals surface area contributed by atoms with E-state index in [1.54, 1.807) is 12.1 Å². The van der Waals surface area contributed by atoms with E-state index in [0.717, 1.165) is 10.6 Å². The van der Waals surface area contributed by atoms with E-state index in [0.29, 0.717) is 22.1 Å². The molecule has 0 spiro atoms. The number of rotatable bonds is 2. The third-order valence-corrected chi connectivity index (χ3v) is 4.18. The molecule has 0 amide bonds. The Balaban J connectivity index is 2.62. The summed E-state index contributed by atoms with van der Waals surface area (Å²) in [6, 6.07) is 4.64. The zero-order chi connectivity index (χ0) is 14.2. The molecule has 0 radical (unpaired) electrons. The molecule has 1 aromatic carbocycles. The smallest absolute Gasteiger partial charge is 0.134 e. The van der Waals surface area contributed by atoms with Gasteiger partial charge in [-0.15, -0.1) is 11.3 Å². The number of aromatic nitrogens is 1. The molecule has 0 atom stereocenters. The molecule has 2 aromatic rings. The first-order chi connectivity index (χ1) is 8.84. The molecule has 2 nitrogen and oxygen atoms in total. The number of benzene rings is 1. The molecule has 1 aromatic heterocycles. The van der Waals surface area contributed by atoms with Crippen molar-refractivity contribution in [1.82, 2.24) is 4.98 Å². The van der Waals surface area contributed by atoms with Gasteiger partial charge in [0.15, 0.2) is 0 Å². The number of halogens is 2. The molecular formula is C14H16ClFN2S. The standard InChI is InChI=1S/C14H16ClFN2S/c1-14(2,3)12-10(7-17)19-13(18-12)11-8(15)5-4-6-9(11)16/h4-6H,7,17H2,1-3H3. The van der Waals surface area contributed by atoms with Gasteiger partial charge in [-0.1, -0.05) is 38.4 Å². The van der Waals surface area contributed by atoms with Crippen molar-refractivity contribution in [3.05, 3.63) is 39.6 Å². The fourth-order valence-corrected chi connectivity index (χ4v) is 3.41. The quantitative estimate of drug-likeness (QED) is 0.894. The third-order valence-electron chi connectivity index (χ3n) is 2.77. The van der Waals surface area contributed by atoms with Crippen LogP contribution in [0.3, 0.4) is 0 Å². The topological polar surface area (TPSA) is 38.9 Å². The number of nitrogens with zero attached hydrogens (tertiary/aromatic N) is 1. The minimum atomic E-state index is -0.356. The lowest BCUT2D eigenvalue weighted by Gasteiger charge is -2.16. The van der Waals surface area contributed by atoms with Crippen LogP contribution in [0.4, 0.5) is 4.39 Å². The molecule has 0 aliphatic rings. The summed E-state index contributed by atoms with van der Waals surface area (Å²) in [5.74, 6) is -0.356. The Hall–Kier alpha value is -0.970. The van der Waals surface area contributed by atoms with Crippen LogP contribution < -0.4 is 5.73 Å². The second-order valence-corrected chi connectivity index (χ2v) is 6.83. The summed E-state index contributed by atoms with van der Waals surface area (Å²) in [6.07, 6.45) is 0. The van der Waals surface area contributed by atoms with Crippen molar-refractivity contribution in [2.75, 3.05) is 0 Å². The summed E-state index contributed by atoms with van der Waals surface area (Å²) < 4.78 is 13.9. The molecular weight excluding hydrogens is 283 g/mol. The third kappa shape index (κ3) is 2.81. The number of hydrogen-bond donors (Lipinski definition) is 1. The first kappa shape index (κ1) is 14.4. The zero-order valence-electron chi connectivity index (χ0n) is 11.1. The van der Waals surface area contributed by atoms with Gasteiger partial charge in [-0.3, -0.25) is 0 Å². The lowest BCUT2D eigenvalue weighted by molar-refractivity contribution is 0.566. The highest BCUT2D eigenvalue weighted by Crippen LogP contribution is 2.38. The summed E-state index contributed by atoms with van der Waals surface area (Å²) in [5, 5.41) is 0.964. The Kier molecular flexibility index (Phi) is 3.95. The fourth-order valence-electron chi connectivity index (χ4n) is 1.89. The lowest BCUT2D eigenvalue weighted by atomic mass is 9.91. The molecule has 0 aliphatic heterocycles. The van der Waals surface area contributed by atoms with Gasteiger partial charge in [0.2, 0.25) is 0 Å². The first-order valence-corrected chi connectivity index (χ1v) is 7.18. The largest absolute Gasteiger partial charge is 0.326 e. The predicted molar refractivity (Wildman–Crippen MR) is 79.1 cm³/mol. The van der Waals surface area contributed by atoms with Gasteiger partial charge < -0.3 is 5.73 Å². The molecule has 0 unspecified atom stereocenters. The van der Waals surface area contributed by atoms with Crippen molar-refractivity contribution in [3.63, 3.8) is 0 Å². The maximum absolute atomic E-state index is 13.9. The van der Waals surface area contributed by atoms with Crippen LogP contribution in [0.1, 0.15) is 31.3 Å². The molecule has 0 saturated carbocycles. The van der Waals surface area contributed by atoms with Crippen molar-refractivity contribution in [2.45, 2.75) is 32.7 Å². The van der Waals surface area contributed by atoms with E-state index >= 15 is 0 Å². The van der Waals surface area contributed by atoms with Crippen LogP contribution >= 0.6 is 22.9 Å². The van der Waals surface area contributed by atoms with Crippen LogP contribution in [-0.2, 0) is 12.0 Å². The Bertz CT molecular complexity index is 582. The van der Waals surface area contributed by atoms with Crippen LogP contribution in [0.2, 0.25) is 5.02 Å². The number of nitrogens with two attached hydrogens (primary N) is 1. The van der Waals surface area contributed by atoms with E-state index in [2.05, 4.69) is 25.8 Å². The minimum Gasteiger partial charge on any atom is -0.326 e. The van der Waals surface area contributed by atoms with Crippen molar-refractivity contribution in [2.24, 2.45) is 5.73 Å². The number of thiazole rings is 1. The maximum Gasteiger partial charge on any atom is 0.134 e. The summed E-state index contributed by atoms with van der Waals surface area (Å²) in [7, 11) is 0. The minimum absolute atomic E-state index is 0.124. The van der Waals surface area contributed by atoms with Crippen LogP contribution in [0, 0.1) is 5.82 Å². The Morgan fingerprint density at radius 1 is 1.37 bits per heavy atom. The van der Waals surface area contributed by atoms with E-state index in [-0.39, 0.29) is 11.2 Å². The molecule has 0 fully saturated rings. The highest BCUT2D eigenvalue weighted by atomic mass is 35.5. The fraction of sp³-hybridized carbons (Fsp3) is 0.357. The van der Waals surface area contributed by atoms with Gasteiger partial charge in [-0.25, -0.2) is 9.37 Å². The molecule has 1 heterocycles. The highest BCUT2D eigenvalue weighted by molar-refractivity contribution is 7.15. The van der Waals surface area contributed by atoms with E-state index in [1.807, 2.05) is 0 Å². The van der Waals surface area contributed by atoms with E-state index < -0.39 is 0 Å². The monoisotopic (exact) mass is 298 g/mol. The number of hydrogen-bond acceptors (Lipinski definition) is 3. The SMILES string of the molecule is CC(C)(C)c1nc(-c2c(F)cccc2Cl)sc1CN.